The number of thioether (sulfide) groups is 1. The van der Waals surface area contributed by atoms with Crippen molar-refractivity contribution in [1.29, 1.82) is 0 Å². The molecule has 0 unspecified atom stereocenters. The minimum Gasteiger partial charge on any atom is -0.288 e. The van der Waals surface area contributed by atoms with E-state index in [1.807, 2.05) is 11.4 Å². The molecule has 0 atom stereocenters. The van der Waals surface area contributed by atoms with Gasteiger partial charge >= 0.3 is 0 Å². The van der Waals surface area contributed by atoms with Gasteiger partial charge < -0.3 is 0 Å². The molecule has 0 saturated heterocycles. The Morgan fingerprint density at radius 2 is 2.54 bits per heavy atom. The topological polar surface area (TPSA) is 17.1 Å². The third-order valence-electron chi connectivity index (χ3n) is 1.19. The maximum Gasteiger partial charge on any atom is 0.186 e. The van der Waals surface area contributed by atoms with Gasteiger partial charge in [-0.25, -0.2) is 0 Å². The van der Waals surface area contributed by atoms with Gasteiger partial charge in [-0.2, -0.15) is 0 Å². The smallest absolute Gasteiger partial charge is 0.186 e. The molecule has 0 aliphatic rings. The third-order valence-corrected chi connectivity index (χ3v) is 3.05. The quantitative estimate of drug-likeness (QED) is 0.690. The number of rotatable bonds is 1. The summed E-state index contributed by atoms with van der Waals surface area (Å²) in [5.41, 5.74) is 0.843. The Bertz CT molecular complexity index is 359. The Kier molecular flexibility index (Phi) is 4.37. The van der Waals surface area contributed by atoms with Gasteiger partial charge in [0, 0.05) is 6.92 Å². The molecule has 1 aromatic rings. The van der Waals surface area contributed by atoms with Crippen molar-refractivity contribution in [3.05, 3.63) is 21.3 Å². The molecule has 0 amide bonds. The van der Waals surface area contributed by atoms with E-state index in [0.717, 1.165) is 5.56 Å². The Hall–Kier alpha value is -0.430. The van der Waals surface area contributed by atoms with Gasteiger partial charge in [0.2, 0.25) is 0 Å². The highest BCUT2D eigenvalue weighted by molar-refractivity contribution is 8.13. The maximum absolute atomic E-state index is 10.5. The zero-order valence-electron chi connectivity index (χ0n) is 6.96. The standard InChI is InChI=1S/C9H7ClOS2/c1-7(11)12-5-2-3-8-4-6-13-9(8)10/h4,6H,5H2,1H3. The van der Waals surface area contributed by atoms with E-state index in [-0.39, 0.29) is 5.12 Å². The number of hydrogen-bond acceptors (Lipinski definition) is 3. The van der Waals surface area contributed by atoms with Crippen LogP contribution in [0.1, 0.15) is 12.5 Å². The Morgan fingerprint density at radius 1 is 1.77 bits per heavy atom. The van der Waals surface area contributed by atoms with Gasteiger partial charge in [0.05, 0.1) is 11.3 Å². The molecule has 0 spiro atoms. The van der Waals surface area contributed by atoms with Crippen LogP contribution in [0.5, 0.6) is 0 Å². The molecule has 0 bridgehead atoms. The molecule has 0 aromatic carbocycles. The van der Waals surface area contributed by atoms with Crippen LogP contribution < -0.4 is 0 Å². The number of hydrogen-bond donors (Lipinski definition) is 0. The largest absolute Gasteiger partial charge is 0.288 e. The molecule has 1 nitrogen and oxygen atoms in total. The van der Waals surface area contributed by atoms with Crippen LogP contribution >= 0.6 is 34.7 Å². The second-order valence-electron chi connectivity index (χ2n) is 2.19. The van der Waals surface area contributed by atoms with Crippen LogP contribution in [0, 0.1) is 11.8 Å². The summed E-state index contributed by atoms with van der Waals surface area (Å²) < 4.78 is 0.709. The second-order valence-corrected chi connectivity index (χ2v) is 4.86. The van der Waals surface area contributed by atoms with Crippen molar-refractivity contribution in [2.24, 2.45) is 0 Å². The fourth-order valence-corrected chi connectivity index (χ4v) is 1.83. The number of thiophene rings is 1. The molecule has 4 heteroatoms. The zero-order chi connectivity index (χ0) is 9.68. The molecule has 0 N–H and O–H groups in total. The highest BCUT2D eigenvalue weighted by Crippen LogP contribution is 2.21. The van der Waals surface area contributed by atoms with Gasteiger partial charge in [-0.1, -0.05) is 35.2 Å². The molecule has 1 rings (SSSR count). The van der Waals surface area contributed by atoms with E-state index in [2.05, 4.69) is 11.8 Å². The molecule has 0 radical (unpaired) electrons. The van der Waals surface area contributed by atoms with Crippen molar-refractivity contribution < 1.29 is 4.79 Å². The fraction of sp³-hybridized carbons (Fsp3) is 0.222. The predicted molar refractivity (Wildman–Crippen MR) is 59.3 cm³/mol. The summed E-state index contributed by atoms with van der Waals surface area (Å²) >= 11 is 8.49. The Labute approximate surface area is 90.5 Å². The fourth-order valence-electron chi connectivity index (χ4n) is 0.651. The first-order valence-electron chi connectivity index (χ1n) is 3.55. The van der Waals surface area contributed by atoms with Gasteiger partial charge in [-0.15, -0.1) is 11.3 Å². The molecule has 1 heterocycles. The molecule has 1 aromatic heterocycles. The van der Waals surface area contributed by atoms with E-state index < -0.39 is 0 Å². The van der Waals surface area contributed by atoms with Gasteiger partial charge in [-0.05, 0) is 11.4 Å². The number of carbonyl (C=O) groups is 1. The first-order chi connectivity index (χ1) is 6.20. The average molecular weight is 231 g/mol. The summed E-state index contributed by atoms with van der Waals surface area (Å²) in [7, 11) is 0. The highest BCUT2D eigenvalue weighted by Gasteiger charge is 1.95. The normalized spacial score (nSPS) is 9.08. The lowest BCUT2D eigenvalue weighted by molar-refractivity contribution is -0.109. The summed E-state index contributed by atoms with van der Waals surface area (Å²) in [4.78, 5) is 10.5. The summed E-state index contributed by atoms with van der Waals surface area (Å²) in [5.74, 6) is 6.31. The van der Waals surface area contributed by atoms with Crippen LogP contribution in [0.25, 0.3) is 0 Å². The molecule has 0 saturated carbocycles. The summed E-state index contributed by atoms with van der Waals surface area (Å²) in [5, 5.41) is 1.98. The van der Waals surface area contributed by atoms with E-state index in [0.29, 0.717) is 10.1 Å². The van der Waals surface area contributed by atoms with Crippen molar-refractivity contribution in [3.63, 3.8) is 0 Å². The van der Waals surface area contributed by atoms with Crippen LogP contribution in [-0.4, -0.2) is 10.9 Å². The summed E-state index contributed by atoms with van der Waals surface area (Å²) in [6, 6.07) is 1.87. The Morgan fingerprint density at radius 3 is 3.08 bits per heavy atom. The monoisotopic (exact) mass is 230 g/mol. The van der Waals surface area contributed by atoms with E-state index in [1.165, 1.54) is 30.0 Å². The summed E-state index contributed by atoms with van der Waals surface area (Å²) in [6.07, 6.45) is 0. The van der Waals surface area contributed by atoms with E-state index in [4.69, 9.17) is 11.6 Å². The average Bonchev–Trinajstić information content (AvgIpc) is 2.45. The maximum atomic E-state index is 10.5. The molecule has 0 aliphatic heterocycles. The minimum absolute atomic E-state index is 0.0886. The van der Waals surface area contributed by atoms with Crippen LogP contribution in [0.2, 0.25) is 4.34 Å². The van der Waals surface area contributed by atoms with Gasteiger partial charge in [0.25, 0.3) is 0 Å². The lowest BCUT2D eigenvalue weighted by Gasteiger charge is -1.84. The Balaban J connectivity index is 2.49. The van der Waals surface area contributed by atoms with Gasteiger partial charge in [0.15, 0.2) is 5.12 Å². The number of carbonyl (C=O) groups excluding carboxylic acids is 1. The first kappa shape index (κ1) is 10.6. The molecule has 0 fully saturated rings. The van der Waals surface area contributed by atoms with Crippen molar-refractivity contribution in [2.75, 3.05) is 5.75 Å². The van der Waals surface area contributed by atoms with Crippen molar-refractivity contribution in [2.45, 2.75) is 6.92 Å². The summed E-state index contributed by atoms with van der Waals surface area (Å²) in [6.45, 7) is 1.53. The third kappa shape index (κ3) is 3.86. The predicted octanol–water partition coefficient (Wildman–Crippen LogP) is 3.03. The van der Waals surface area contributed by atoms with Crippen LogP contribution in [0.15, 0.2) is 11.4 Å². The second kappa shape index (κ2) is 5.33. The molecular formula is C9H7ClOS2. The van der Waals surface area contributed by atoms with Crippen molar-refractivity contribution in [3.8, 4) is 11.8 Å². The van der Waals surface area contributed by atoms with Gasteiger partial charge in [-0.3, -0.25) is 4.79 Å². The van der Waals surface area contributed by atoms with E-state index >= 15 is 0 Å². The van der Waals surface area contributed by atoms with Crippen LogP contribution in [0.4, 0.5) is 0 Å². The van der Waals surface area contributed by atoms with E-state index in [1.54, 1.807) is 0 Å². The lowest BCUT2D eigenvalue weighted by atomic mass is 10.3. The SMILES string of the molecule is CC(=O)SCC#Cc1ccsc1Cl. The molecule has 13 heavy (non-hydrogen) atoms. The van der Waals surface area contributed by atoms with Crippen LogP contribution in [-0.2, 0) is 4.79 Å². The zero-order valence-corrected chi connectivity index (χ0v) is 9.35. The van der Waals surface area contributed by atoms with Crippen molar-refractivity contribution in [1.82, 2.24) is 0 Å². The molecular weight excluding hydrogens is 224 g/mol. The van der Waals surface area contributed by atoms with Crippen LogP contribution in [0.3, 0.4) is 0 Å². The lowest BCUT2D eigenvalue weighted by Crippen LogP contribution is -1.81. The molecule has 68 valence electrons. The van der Waals surface area contributed by atoms with Crippen molar-refractivity contribution >= 4 is 39.8 Å². The number of halogens is 1. The van der Waals surface area contributed by atoms with Gasteiger partial charge in [0.1, 0.15) is 4.34 Å². The highest BCUT2D eigenvalue weighted by atomic mass is 35.5. The van der Waals surface area contributed by atoms with E-state index in [9.17, 15) is 4.79 Å². The minimum atomic E-state index is 0.0886. The molecule has 0 aliphatic carbocycles. The first-order valence-corrected chi connectivity index (χ1v) is 5.79.